The van der Waals surface area contributed by atoms with Gasteiger partial charge in [-0.05, 0) is 31.0 Å². The summed E-state index contributed by atoms with van der Waals surface area (Å²) in [5.41, 5.74) is 3.98. The first-order chi connectivity index (χ1) is 5.69. The summed E-state index contributed by atoms with van der Waals surface area (Å²) in [4.78, 5) is 0. The molecule has 1 aromatic rings. The summed E-state index contributed by atoms with van der Waals surface area (Å²) in [6, 6.07) is 3.90. The second-order valence-electron chi connectivity index (χ2n) is 2.77. The minimum atomic E-state index is 0.883. The molecule has 12 heavy (non-hydrogen) atoms. The maximum absolute atomic E-state index is 5.31. The van der Waals surface area contributed by atoms with Gasteiger partial charge in [-0.15, -0.1) is 12.8 Å². The van der Waals surface area contributed by atoms with Crippen LogP contribution < -0.4 is 0 Å². The third-order valence-corrected chi connectivity index (χ3v) is 1.88. The topological polar surface area (TPSA) is 0 Å². The number of aryl methyl sites for hydroxylation is 2. The Kier molecular flexibility index (Phi) is 2.22. The van der Waals surface area contributed by atoms with Crippen LogP contribution in [0.25, 0.3) is 0 Å². The van der Waals surface area contributed by atoms with Gasteiger partial charge in [0.2, 0.25) is 0 Å². The lowest BCUT2D eigenvalue weighted by molar-refractivity contribution is 1.34. The molecule has 0 fully saturated rings. The lowest BCUT2D eigenvalue weighted by Crippen LogP contribution is -1.88. The Bertz CT molecular complexity index is 348. The van der Waals surface area contributed by atoms with E-state index in [0.717, 1.165) is 22.3 Å². The second-order valence-corrected chi connectivity index (χ2v) is 2.77. The first-order valence-corrected chi connectivity index (χ1v) is 3.73. The van der Waals surface area contributed by atoms with Crippen LogP contribution in [-0.4, -0.2) is 0 Å². The summed E-state index contributed by atoms with van der Waals surface area (Å²) in [5.74, 6) is 5.20. The fraction of sp³-hybridized carbons (Fsp3) is 0.167. The lowest BCUT2D eigenvalue weighted by Gasteiger charge is -2.02. The van der Waals surface area contributed by atoms with E-state index in [0.29, 0.717) is 0 Å². The van der Waals surface area contributed by atoms with E-state index >= 15 is 0 Å². The zero-order chi connectivity index (χ0) is 9.14. The summed E-state index contributed by atoms with van der Waals surface area (Å²) >= 11 is 0. The lowest BCUT2D eigenvalue weighted by atomic mass is 10.0. The van der Waals surface area contributed by atoms with Gasteiger partial charge in [-0.1, -0.05) is 17.9 Å². The maximum Gasteiger partial charge on any atom is 0.0284 e. The molecular formula is C12H10. The Morgan fingerprint density at radius 3 is 1.67 bits per heavy atom. The summed E-state index contributed by atoms with van der Waals surface area (Å²) < 4.78 is 0. The van der Waals surface area contributed by atoms with E-state index < -0.39 is 0 Å². The molecule has 0 heteroatoms. The fourth-order valence-electron chi connectivity index (χ4n) is 1.16. The Morgan fingerprint density at radius 2 is 1.33 bits per heavy atom. The molecule has 0 spiro atoms. The SMILES string of the molecule is C#Cc1cc(C#C)c(C)cc1C. The highest BCUT2D eigenvalue weighted by atomic mass is 14.0. The molecule has 0 atom stereocenters. The van der Waals surface area contributed by atoms with Gasteiger partial charge in [0.05, 0.1) is 0 Å². The number of rotatable bonds is 0. The van der Waals surface area contributed by atoms with Gasteiger partial charge < -0.3 is 0 Å². The van der Waals surface area contributed by atoms with Crippen molar-refractivity contribution in [1.82, 2.24) is 0 Å². The molecule has 0 aromatic heterocycles. The van der Waals surface area contributed by atoms with Crippen LogP contribution in [0.5, 0.6) is 0 Å². The Morgan fingerprint density at radius 1 is 0.917 bits per heavy atom. The normalized spacial score (nSPS) is 8.67. The van der Waals surface area contributed by atoms with E-state index in [1.54, 1.807) is 0 Å². The van der Waals surface area contributed by atoms with Gasteiger partial charge in [0, 0.05) is 11.1 Å². The molecule has 0 N–H and O–H groups in total. The van der Waals surface area contributed by atoms with Gasteiger partial charge in [0.1, 0.15) is 0 Å². The van der Waals surface area contributed by atoms with Crippen LogP contribution >= 0.6 is 0 Å². The van der Waals surface area contributed by atoms with Crippen molar-refractivity contribution in [3.63, 3.8) is 0 Å². The molecular weight excluding hydrogens is 144 g/mol. The zero-order valence-electron chi connectivity index (χ0n) is 7.31. The molecule has 0 aliphatic heterocycles. The Hall–Kier alpha value is -1.66. The zero-order valence-corrected chi connectivity index (χ0v) is 7.31. The van der Waals surface area contributed by atoms with Gasteiger partial charge in [-0.3, -0.25) is 0 Å². The average molecular weight is 154 g/mol. The summed E-state index contributed by atoms with van der Waals surface area (Å²) in [6.45, 7) is 3.98. The Balaban J connectivity index is 3.42. The molecule has 0 saturated carbocycles. The van der Waals surface area contributed by atoms with E-state index in [2.05, 4.69) is 11.8 Å². The third-order valence-electron chi connectivity index (χ3n) is 1.88. The predicted octanol–water partition coefficient (Wildman–Crippen LogP) is 2.27. The van der Waals surface area contributed by atoms with Crippen LogP contribution in [0.1, 0.15) is 22.3 Å². The van der Waals surface area contributed by atoms with E-state index in [-0.39, 0.29) is 0 Å². The van der Waals surface area contributed by atoms with Crippen LogP contribution in [0.15, 0.2) is 12.1 Å². The average Bonchev–Trinajstić information content (AvgIpc) is 2.05. The number of benzene rings is 1. The molecule has 1 rings (SSSR count). The summed E-state index contributed by atoms with van der Waals surface area (Å²) in [6.07, 6.45) is 10.6. The highest BCUT2D eigenvalue weighted by Crippen LogP contribution is 2.13. The van der Waals surface area contributed by atoms with Crippen molar-refractivity contribution < 1.29 is 0 Å². The number of terminal acetylenes is 2. The van der Waals surface area contributed by atoms with E-state index in [9.17, 15) is 0 Å². The van der Waals surface area contributed by atoms with Crippen molar-refractivity contribution in [2.24, 2.45) is 0 Å². The molecule has 58 valence electrons. The quantitative estimate of drug-likeness (QED) is 0.503. The molecule has 0 saturated heterocycles. The van der Waals surface area contributed by atoms with Crippen molar-refractivity contribution in [2.45, 2.75) is 13.8 Å². The van der Waals surface area contributed by atoms with Gasteiger partial charge >= 0.3 is 0 Å². The molecule has 0 radical (unpaired) electrons. The molecule has 0 amide bonds. The van der Waals surface area contributed by atoms with E-state index in [4.69, 9.17) is 12.8 Å². The molecule has 0 unspecified atom stereocenters. The molecule has 1 aromatic carbocycles. The minimum Gasteiger partial charge on any atom is -0.115 e. The number of hydrogen-bond donors (Lipinski definition) is 0. The minimum absolute atomic E-state index is 0.883. The largest absolute Gasteiger partial charge is 0.115 e. The monoisotopic (exact) mass is 154 g/mol. The van der Waals surface area contributed by atoms with Crippen molar-refractivity contribution in [3.8, 4) is 24.7 Å². The molecule has 0 nitrogen and oxygen atoms in total. The second kappa shape index (κ2) is 3.16. The fourth-order valence-corrected chi connectivity index (χ4v) is 1.16. The molecule has 0 aliphatic rings. The third kappa shape index (κ3) is 1.34. The predicted molar refractivity (Wildman–Crippen MR) is 51.8 cm³/mol. The van der Waals surface area contributed by atoms with Crippen LogP contribution in [-0.2, 0) is 0 Å². The van der Waals surface area contributed by atoms with Crippen LogP contribution in [0, 0.1) is 38.5 Å². The molecule has 0 aliphatic carbocycles. The first-order valence-electron chi connectivity index (χ1n) is 3.73. The highest BCUT2D eigenvalue weighted by molar-refractivity contribution is 5.50. The molecule has 0 bridgehead atoms. The summed E-state index contributed by atoms with van der Waals surface area (Å²) in [5, 5.41) is 0. The van der Waals surface area contributed by atoms with Crippen LogP contribution in [0.3, 0.4) is 0 Å². The smallest absolute Gasteiger partial charge is 0.0284 e. The van der Waals surface area contributed by atoms with Crippen molar-refractivity contribution in [1.29, 1.82) is 0 Å². The van der Waals surface area contributed by atoms with Crippen LogP contribution in [0.2, 0.25) is 0 Å². The van der Waals surface area contributed by atoms with Gasteiger partial charge in [0.15, 0.2) is 0 Å². The molecule has 0 heterocycles. The Labute approximate surface area is 73.6 Å². The van der Waals surface area contributed by atoms with Crippen LogP contribution in [0.4, 0.5) is 0 Å². The van der Waals surface area contributed by atoms with Gasteiger partial charge in [0.25, 0.3) is 0 Å². The van der Waals surface area contributed by atoms with Gasteiger partial charge in [-0.2, -0.15) is 0 Å². The maximum atomic E-state index is 5.31. The van der Waals surface area contributed by atoms with Gasteiger partial charge in [-0.25, -0.2) is 0 Å². The van der Waals surface area contributed by atoms with Crippen molar-refractivity contribution in [3.05, 3.63) is 34.4 Å². The standard InChI is InChI=1S/C12H10/c1-5-11-8-12(6-2)10(4)7-9(11)3/h1-2,7-8H,3-4H3. The first kappa shape index (κ1) is 8.44. The van der Waals surface area contributed by atoms with Crippen molar-refractivity contribution >= 4 is 0 Å². The number of hydrogen-bond acceptors (Lipinski definition) is 0. The van der Waals surface area contributed by atoms with Crippen molar-refractivity contribution in [2.75, 3.05) is 0 Å². The van der Waals surface area contributed by atoms with E-state index in [1.807, 2.05) is 26.0 Å². The van der Waals surface area contributed by atoms with E-state index in [1.165, 1.54) is 0 Å². The summed E-state index contributed by atoms with van der Waals surface area (Å²) in [7, 11) is 0. The highest BCUT2D eigenvalue weighted by Gasteiger charge is 1.99.